The number of hydrogen-bond donors (Lipinski definition) is 2. The highest BCUT2D eigenvalue weighted by Crippen LogP contribution is 2.18. The summed E-state index contributed by atoms with van der Waals surface area (Å²) in [5, 5.41) is 6.00. The minimum Gasteiger partial charge on any atom is -0.378 e. The van der Waals surface area contributed by atoms with E-state index in [0.29, 0.717) is 11.5 Å². The van der Waals surface area contributed by atoms with Crippen molar-refractivity contribution in [2.75, 3.05) is 29.6 Å². The predicted molar refractivity (Wildman–Crippen MR) is 110 cm³/mol. The third-order valence-electron chi connectivity index (χ3n) is 4.32. The molecule has 6 heteroatoms. The number of hydrogen-bond acceptors (Lipinski definition) is 5. The smallest absolute Gasteiger partial charge is 0.258 e. The molecule has 0 bridgehead atoms. The molecule has 0 saturated carbocycles. The first-order valence-electron chi connectivity index (χ1n) is 8.67. The van der Waals surface area contributed by atoms with Gasteiger partial charge in [0.1, 0.15) is 0 Å². The van der Waals surface area contributed by atoms with E-state index in [1.54, 1.807) is 0 Å². The Kier molecular flexibility index (Phi) is 5.35. The van der Waals surface area contributed by atoms with E-state index in [-0.39, 0.29) is 5.91 Å². The van der Waals surface area contributed by atoms with E-state index in [0.717, 1.165) is 22.6 Å². The average Bonchev–Trinajstić information content (AvgIpc) is 2.66. The molecule has 27 heavy (non-hydrogen) atoms. The SMILES string of the molecule is Cc1ccc(NC(=O)c2cnc(Nc3ccc(N(C)C)cc3)nc2)cc1C. The highest BCUT2D eigenvalue weighted by atomic mass is 16.1. The number of benzene rings is 2. The van der Waals surface area contributed by atoms with E-state index in [1.165, 1.54) is 18.0 Å². The van der Waals surface area contributed by atoms with Crippen molar-refractivity contribution in [1.82, 2.24) is 9.97 Å². The summed E-state index contributed by atoms with van der Waals surface area (Å²) >= 11 is 0. The van der Waals surface area contributed by atoms with Crippen LogP contribution in [0, 0.1) is 13.8 Å². The topological polar surface area (TPSA) is 70.2 Å². The Balaban J connectivity index is 1.65. The molecular weight excluding hydrogens is 338 g/mol. The van der Waals surface area contributed by atoms with Gasteiger partial charge in [0, 0.05) is 43.6 Å². The maximum Gasteiger partial charge on any atom is 0.258 e. The maximum atomic E-state index is 12.4. The maximum absolute atomic E-state index is 12.4. The highest BCUT2D eigenvalue weighted by Gasteiger charge is 2.08. The number of anilines is 4. The van der Waals surface area contributed by atoms with Crippen molar-refractivity contribution in [2.24, 2.45) is 0 Å². The van der Waals surface area contributed by atoms with Crippen molar-refractivity contribution in [3.8, 4) is 0 Å². The molecule has 0 aliphatic heterocycles. The summed E-state index contributed by atoms with van der Waals surface area (Å²) in [5.74, 6) is 0.204. The quantitative estimate of drug-likeness (QED) is 0.714. The van der Waals surface area contributed by atoms with Gasteiger partial charge in [-0.1, -0.05) is 6.07 Å². The lowest BCUT2D eigenvalue weighted by atomic mass is 10.1. The molecule has 3 aromatic rings. The first-order chi connectivity index (χ1) is 12.9. The Hall–Kier alpha value is -3.41. The number of carbonyl (C=O) groups is 1. The van der Waals surface area contributed by atoms with Crippen molar-refractivity contribution in [3.63, 3.8) is 0 Å². The summed E-state index contributed by atoms with van der Waals surface area (Å²) in [7, 11) is 3.99. The van der Waals surface area contributed by atoms with E-state index in [2.05, 4.69) is 20.6 Å². The number of aromatic nitrogens is 2. The fourth-order valence-electron chi connectivity index (χ4n) is 2.50. The molecule has 0 aliphatic carbocycles. The highest BCUT2D eigenvalue weighted by molar-refractivity contribution is 6.03. The lowest BCUT2D eigenvalue weighted by molar-refractivity contribution is 0.102. The molecule has 2 N–H and O–H groups in total. The summed E-state index contributed by atoms with van der Waals surface area (Å²) in [6.45, 7) is 4.05. The molecular formula is C21H23N5O. The van der Waals surface area contributed by atoms with Gasteiger partial charge in [0.15, 0.2) is 0 Å². The van der Waals surface area contributed by atoms with Gasteiger partial charge in [0.05, 0.1) is 5.56 Å². The Morgan fingerprint density at radius 1 is 0.889 bits per heavy atom. The normalized spacial score (nSPS) is 10.4. The molecule has 0 aliphatic rings. The van der Waals surface area contributed by atoms with Gasteiger partial charge in [-0.05, 0) is 61.4 Å². The lowest BCUT2D eigenvalue weighted by Gasteiger charge is -2.13. The fourth-order valence-corrected chi connectivity index (χ4v) is 2.50. The van der Waals surface area contributed by atoms with Gasteiger partial charge in [-0.15, -0.1) is 0 Å². The van der Waals surface area contributed by atoms with E-state index in [4.69, 9.17) is 0 Å². The van der Waals surface area contributed by atoms with Crippen LogP contribution in [0.3, 0.4) is 0 Å². The molecule has 3 rings (SSSR count). The molecule has 0 unspecified atom stereocenters. The van der Waals surface area contributed by atoms with Crippen molar-refractivity contribution in [3.05, 3.63) is 71.5 Å². The van der Waals surface area contributed by atoms with E-state index in [9.17, 15) is 4.79 Å². The molecule has 0 atom stereocenters. The Morgan fingerprint density at radius 2 is 1.52 bits per heavy atom. The van der Waals surface area contributed by atoms with Gasteiger partial charge in [0.25, 0.3) is 5.91 Å². The molecule has 0 fully saturated rings. The lowest BCUT2D eigenvalue weighted by Crippen LogP contribution is -2.13. The van der Waals surface area contributed by atoms with Gasteiger partial charge in [-0.3, -0.25) is 4.79 Å². The second-order valence-electron chi connectivity index (χ2n) is 6.61. The van der Waals surface area contributed by atoms with Crippen molar-refractivity contribution in [2.45, 2.75) is 13.8 Å². The summed E-state index contributed by atoms with van der Waals surface area (Å²) in [5.41, 5.74) is 5.47. The molecule has 1 amide bonds. The van der Waals surface area contributed by atoms with Gasteiger partial charge >= 0.3 is 0 Å². The van der Waals surface area contributed by atoms with Gasteiger partial charge in [0.2, 0.25) is 5.95 Å². The standard InChI is InChI=1S/C21H23N5O/c1-14-5-6-18(11-15(14)2)24-20(27)16-12-22-21(23-13-16)25-17-7-9-19(10-8-17)26(3)4/h5-13H,1-4H3,(H,24,27)(H,22,23,25). The van der Waals surface area contributed by atoms with Gasteiger partial charge in [-0.25, -0.2) is 9.97 Å². The number of nitrogens with zero attached hydrogens (tertiary/aromatic N) is 3. The first-order valence-corrected chi connectivity index (χ1v) is 8.67. The van der Waals surface area contributed by atoms with Crippen molar-refractivity contribution >= 4 is 28.9 Å². The van der Waals surface area contributed by atoms with Crippen LogP contribution in [0.15, 0.2) is 54.9 Å². The monoisotopic (exact) mass is 361 g/mol. The first kappa shape index (κ1) is 18.4. The van der Waals surface area contributed by atoms with E-state index >= 15 is 0 Å². The summed E-state index contributed by atoms with van der Waals surface area (Å²) in [6, 6.07) is 13.7. The van der Waals surface area contributed by atoms with Crippen LogP contribution in [-0.4, -0.2) is 30.0 Å². The molecule has 6 nitrogen and oxygen atoms in total. The number of rotatable bonds is 5. The summed E-state index contributed by atoms with van der Waals surface area (Å²) in [4.78, 5) is 22.9. The fraction of sp³-hybridized carbons (Fsp3) is 0.190. The molecule has 1 aromatic heterocycles. The Morgan fingerprint density at radius 3 is 2.11 bits per heavy atom. The zero-order chi connectivity index (χ0) is 19.4. The number of aryl methyl sites for hydroxylation is 2. The van der Waals surface area contributed by atoms with Crippen LogP contribution in [0.2, 0.25) is 0 Å². The molecule has 0 spiro atoms. The third-order valence-corrected chi connectivity index (χ3v) is 4.32. The molecule has 1 heterocycles. The van der Waals surface area contributed by atoms with Crippen LogP contribution in [0.5, 0.6) is 0 Å². The number of amides is 1. The second kappa shape index (κ2) is 7.86. The third kappa shape index (κ3) is 4.61. The predicted octanol–water partition coefficient (Wildman–Crippen LogP) is 4.16. The van der Waals surface area contributed by atoms with Crippen LogP contribution in [0.1, 0.15) is 21.5 Å². The van der Waals surface area contributed by atoms with Crippen LogP contribution in [-0.2, 0) is 0 Å². The van der Waals surface area contributed by atoms with Crippen LogP contribution < -0.4 is 15.5 Å². The van der Waals surface area contributed by atoms with Crippen molar-refractivity contribution in [1.29, 1.82) is 0 Å². The average molecular weight is 361 g/mol. The van der Waals surface area contributed by atoms with E-state index in [1.807, 2.05) is 75.3 Å². The number of nitrogens with one attached hydrogen (secondary N) is 2. The molecule has 2 aromatic carbocycles. The van der Waals surface area contributed by atoms with Crippen LogP contribution in [0.4, 0.5) is 23.0 Å². The summed E-state index contributed by atoms with van der Waals surface area (Å²) in [6.07, 6.45) is 3.03. The largest absolute Gasteiger partial charge is 0.378 e. The van der Waals surface area contributed by atoms with E-state index < -0.39 is 0 Å². The second-order valence-corrected chi connectivity index (χ2v) is 6.61. The summed E-state index contributed by atoms with van der Waals surface area (Å²) < 4.78 is 0. The Labute approximate surface area is 159 Å². The van der Waals surface area contributed by atoms with Gasteiger partial charge in [-0.2, -0.15) is 0 Å². The van der Waals surface area contributed by atoms with Crippen LogP contribution >= 0.6 is 0 Å². The molecule has 138 valence electrons. The number of carbonyl (C=O) groups excluding carboxylic acids is 1. The minimum atomic E-state index is -0.236. The van der Waals surface area contributed by atoms with Crippen LogP contribution in [0.25, 0.3) is 0 Å². The molecule has 0 saturated heterocycles. The zero-order valence-corrected chi connectivity index (χ0v) is 15.9. The van der Waals surface area contributed by atoms with Gasteiger partial charge < -0.3 is 15.5 Å². The zero-order valence-electron chi connectivity index (χ0n) is 15.9. The van der Waals surface area contributed by atoms with Crippen molar-refractivity contribution < 1.29 is 4.79 Å². The Bertz CT molecular complexity index is 934. The molecule has 0 radical (unpaired) electrons. The minimum absolute atomic E-state index is 0.236.